The van der Waals surface area contributed by atoms with Crippen LogP contribution in [0.5, 0.6) is 0 Å². The third-order valence-electron chi connectivity index (χ3n) is 3.55. The number of carbonyl (C=O) groups excluding carboxylic acids is 1. The third-order valence-corrected chi connectivity index (χ3v) is 5.06. The van der Waals surface area contributed by atoms with Gasteiger partial charge in [-0.25, -0.2) is 14.5 Å². The number of thioether (sulfide) groups is 1. The first kappa shape index (κ1) is 17.5. The molecule has 0 amide bonds. The van der Waals surface area contributed by atoms with Gasteiger partial charge in [0.15, 0.2) is 5.16 Å². The van der Waals surface area contributed by atoms with Crippen LogP contribution in [0.1, 0.15) is 15.9 Å². The van der Waals surface area contributed by atoms with Gasteiger partial charge >= 0.3 is 5.97 Å². The third kappa shape index (κ3) is 3.69. The van der Waals surface area contributed by atoms with E-state index in [-0.39, 0.29) is 5.56 Å². The quantitative estimate of drug-likeness (QED) is 0.302. The van der Waals surface area contributed by atoms with Crippen LogP contribution in [0.4, 0.5) is 0 Å². The molecule has 1 heterocycles. The van der Waals surface area contributed by atoms with E-state index in [9.17, 15) is 9.59 Å². The molecule has 0 unspecified atom stereocenters. The summed E-state index contributed by atoms with van der Waals surface area (Å²) < 4.78 is 6.71. The van der Waals surface area contributed by atoms with Crippen LogP contribution in [0.3, 0.4) is 0 Å². The highest BCUT2D eigenvalue weighted by molar-refractivity contribution is 9.10. The van der Waals surface area contributed by atoms with Crippen molar-refractivity contribution in [3.63, 3.8) is 0 Å². The van der Waals surface area contributed by atoms with Crippen LogP contribution >= 0.6 is 27.7 Å². The maximum absolute atomic E-state index is 12.4. The molecular formula is C17H14BrN3O3S. The van der Waals surface area contributed by atoms with Gasteiger partial charge in [0.1, 0.15) is 0 Å². The number of hydrogen-bond donors (Lipinski definition) is 1. The van der Waals surface area contributed by atoms with E-state index < -0.39 is 5.97 Å². The van der Waals surface area contributed by atoms with Gasteiger partial charge in [-0.1, -0.05) is 39.8 Å². The average Bonchev–Trinajstić information content (AvgIpc) is 2.62. The van der Waals surface area contributed by atoms with E-state index in [1.54, 1.807) is 0 Å². The lowest BCUT2D eigenvalue weighted by Gasteiger charge is -2.09. The highest BCUT2D eigenvalue weighted by atomic mass is 79.9. The van der Waals surface area contributed by atoms with Gasteiger partial charge in [-0.15, -0.1) is 0 Å². The molecule has 1 aromatic heterocycles. The van der Waals surface area contributed by atoms with Gasteiger partial charge in [0.2, 0.25) is 0 Å². The van der Waals surface area contributed by atoms with Crippen LogP contribution < -0.4 is 11.4 Å². The van der Waals surface area contributed by atoms with Gasteiger partial charge in [-0.3, -0.25) is 4.79 Å². The Kier molecular flexibility index (Phi) is 5.10. The number of nitrogen functional groups attached to an aromatic ring is 1. The summed E-state index contributed by atoms with van der Waals surface area (Å²) in [5.74, 6) is 6.01. The van der Waals surface area contributed by atoms with Crippen molar-refractivity contribution < 1.29 is 9.53 Å². The molecule has 3 rings (SSSR count). The second-order valence-electron chi connectivity index (χ2n) is 5.21. The van der Waals surface area contributed by atoms with Gasteiger partial charge in [0.25, 0.3) is 5.56 Å². The Hall–Kier alpha value is -2.32. The summed E-state index contributed by atoms with van der Waals surface area (Å²) in [6.07, 6.45) is 0. The fraction of sp³-hybridized carbons (Fsp3) is 0.118. The molecule has 0 atom stereocenters. The van der Waals surface area contributed by atoms with E-state index in [0.29, 0.717) is 27.4 Å². The predicted molar refractivity (Wildman–Crippen MR) is 101 cm³/mol. The molecule has 0 aliphatic carbocycles. The molecule has 2 aromatic carbocycles. The largest absolute Gasteiger partial charge is 0.465 e. The minimum Gasteiger partial charge on any atom is -0.465 e. The zero-order valence-corrected chi connectivity index (χ0v) is 15.6. The summed E-state index contributed by atoms with van der Waals surface area (Å²) in [6.45, 7) is 0. The SMILES string of the molecule is COC(=O)c1ccc2c(=O)n(N)c(SCc3cccc(Br)c3)nc2c1. The van der Waals surface area contributed by atoms with Gasteiger partial charge in [-0.05, 0) is 35.9 Å². The Morgan fingerprint density at radius 1 is 1.32 bits per heavy atom. The van der Waals surface area contributed by atoms with Crippen molar-refractivity contribution in [2.24, 2.45) is 0 Å². The van der Waals surface area contributed by atoms with Crippen LogP contribution in [0.2, 0.25) is 0 Å². The van der Waals surface area contributed by atoms with Crippen molar-refractivity contribution in [3.05, 3.63) is 68.4 Å². The molecule has 8 heteroatoms. The standard InChI is InChI=1S/C17H14BrN3O3S/c1-24-16(23)11-5-6-13-14(8-11)20-17(21(19)15(13)22)25-9-10-3-2-4-12(18)7-10/h2-8H,9,19H2,1H3. The lowest BCUT2D eigenvalue weighted by atomic mass is 10.1. The Morgan fingerprint density at radius 3 is 2.84 bits per heavy atom. The van der Waals surface area contributed by atoms with Gasteiger partial charge in [0, 0.05) is 10.2 Å². The number of ether oxygens (including phenoxy) is 1. The van der Waals surface area contributed by atoms with E-state index in [1.165, 1.54) is 37.1 Å². The van der Waals surface area contributed by atoms with Crippen LogP contribution in [0.15, 0.2) is 56.9 Å². The highest BCUT2D eigenvalue weighted by Gasteiger charge is 2.13. The van der Waals surface area contributed by atoms with Crippen molar-refractivity contribution in [2.75, 3.05) is 13.0 Å². The number of hydrogen-bond acceptors (Lipinski definition) is 6. The lowest BCUT2D eigenvalue weighted by Crippen LogP contribution is -2.29. The number of nitrogens with two attached hydrogens (primary N) is 1. The van der Waals surface area contributed by atoms with Crippen molar-refractivity contribution in [1.29, 1.82) is 0 Å². The monoisotopic (exact) mass is 419 g/mol. The fourth-order valence-electron chi connectivity index (χ4n) is 2.30. The Bertz CT molecular complexity index is 1020. The molecule has 0 saturated carbocycles. The molecule has 3 aromatic rings. The number of benzene rings is 2. The molecule has 2 N–H and O–H groups in total. The predicted octanol–water partition coefficient (Wildman–Crippen LogP) is 2.95. The van der Waals surface area contributed by atoms with Gasteiger partial charge in [-0.2, -0.15) is 0 Å². The minimum absolute atomic E-state index is 0.333. The molecule has 0 fully saturated rings. The van der Waals surface area contributed by atoms with E-state index >= 15 is 0 Å². The molecule has 0 aliphatic rings. The molecule has 0 spiro atoms. The van der Waals surface area contributed by atoms with E-state index in [4.69, 9.17) is 10.6 Å². The van der Waals surface area contributed by atoms with E-state index in [2.05, 4.69) is 20.9 Å². The summed E-state index contributed by atoms with van der Waals surface area (Å²) >= 11 is 4.77. The summed E-state index contributed by atoms with van der Waals surface area (Å²) in [7, 11) is 1.30. The van der Waals surface area contributed by atoms with E-state index in [0.717, 1.165) is 14.7 Å². The number of aromatic nitrogens is 2. The summed E-state index contributed by atoms with van der Waals surface area (Å²) in [5.41, 5.74) is 1.45. The first-order valence-electron chi connectivity index (χ1n) is 7.27. The number of halogens is 1. The first-order chi connectivity index (χ1) is 12.0. The zero-order chi connectivity index (χ0) is 18.0. The highest BCUT2D eigenvalue weighted by Crippen LogP contribution is 2.23. The fourth-order valence-corrected chi connectivity index (χ4v) is 3.61. The number of esters is 1. The Morgan fingerprint density at radius 2 is 2.12 bits per heavy atom. The van der Waals surface area contributed by atoms with E-state index in [1.807, 2.05) is 24.3 Å². The maximum Gasteiger partial charge on any atom is 0.337 e. The summed E-state index contributed by atoms with van der Waals surface area (Å²) in [6, 6.07) is 12.4. The van der Waals surface area contributed by atoms with Crippen molar-refractivity contribution in [3.8, 4) is 0 Å². The molecule has 0 saturated heterocycles. The number of nitrogens with zero attached hydrogens (tertiary/aromatic N) is 2. The molecule has 6 nitrogen and oxygen atoms in total. The number of fused-ring (bicyclic) bond motifs is 1. The minimum atomic E-state index is -0.482. The van der Waals surface area contributed by atoms with Gasteiger partial charge < -0.3 is 10.6 Å². The van der Waals surface area contributed by atoms with Crippen molar-refractivity contribution in [1.82, 2.24) is 9.66 Å². The van der Waals surface area contributed by atoms with Crippen LogP contribution in [-0.4, -0.2) is 22.7 Å². The Balaban J connectivity index is 1.98. The smallest absolute Gasteiger partial charge is 0.337 e. The number of methoxy groups -OCH3 is 1. The van der Waals surface area contributed by atoms with Crippen LogP contribution in [0.25, 0.3) is 10.9 Å². The molecule has 25 heavy (non-hydrogen) atoms. The molecule has 128 valence electrons. The first-order valence-corrected chi connectivity index (χ1v) is 9.05. The van der Waals surface area contributed by atoms with Crippen molar-refractivity contribution in [2.45, 2.75) is 10.9 Å². The second-order valence-corrected chi connectivity index (χ2v) is 7.07. The van der Waals surface area contributed by atoms with Gasteiger partial charge in [0.05, 0.1) is 23.6 Å². The number of rotatable bonds is 4. The summed E-state index contributed by atoms with van der Waals surface area (Å²) in [5, 5.41) is 0.724. The molecule has 0 bridgehead atoms. The number of carbonyl (C=O) groups is 1. The molecule has 0 aliphatic heterocycles. The normalized spacial score (nSPS) is 10.8. The zero-order valence-electron chi connectivity index (χ0n) is 13.2. The van der Waals surface area contributed by atoms with Crippen LogP contribution in [0, 0.1) is 0 Å². The second kappa shape index (κ2) is 7.28. The molecule has 0 radical (unpaired) electrons. The Labute approximate surface area is 156 Å². The topological polar surface area (TPSA) is 87.2 Å². The lowest BCUT2D eigenvalue weighted by molar-refractivity contribution is 0.0601. The van der Waals surface area contributed by atoms with Crippen LogP contribution in [-0.2, 0) is 10.5 Å². The maximum atomic E-state index is 12.4. The summed E-state index contributed by atoms with van der Waals surface area (Å²) in [4.78, 5) is 28.5. The average molecular weight is 420 g/mol. The molecular weight excluding hydrogens is 406 g/mol. The van der Waals surface area contributed by atoms with Crippen molar-refractivity contribution >= 4 is 44.6 Å².